The number of rotatable bonds is 55. The topological polar surface area (TPSA) is 78.9 Å². The van der Waals surface area contributed by atoms with Gasteiger partial charge < -0.3 is 14.2 Å². The van der Waals surface area contributed by atoms with Crippen molar-refractivity contribution in [1.29, 1.82) is 0 Å². The molecule has 71 heavy (non-hydrogen) atoms. The monoisotopic (exact) mass is 991 g/mol. The fourth-order valence-corrected chi connectivity index (χ4v) is 8.61. The molecule has 6 nitrogen and oxygen atoms in total. The predicted octanol–water partition coefficient (Wildman–Crippen LogP) is 20.5. The Labute approximate surface area is 440 Å². The summed E-state index contributed by atoms with van der Waals surface area (Å²) in [7, 11) is 0. The lowest BCUT2D eigenvalue weighted by Crippen LogP contribution is -2.30. The van der Waals surface area contributed by atoms with E-state index in [9.17, 15) is 14.4 Å². The number of allylic oxidation sites excluding steroid dienone is 12. The van der Waals surface area contributed by atoms with Gasteiger partial charge in [0.05, 0.1) is 0 Å². The lowest BCUT2D eigenvalue weighted by Gasteiger charge is -2.18. The van der Waals surface area contributed by atoms with Gasteiger partial charge in [0.25, 0.3) is 0 Å². The molecule has 0 amide bonds. The molecule has 0 saturated carbocycles. The third-order valence-electron chi connectivity index (χ3n) is 13.1. The first-order valence-electron chi connectivity index (χ1n) is 30.4. The third-order valence-corrected chi connectivity index (χ3v) is 13.1. The Bertz CT molecular complexity index is 1320. The summed E-state index contributed by atoms with van der Waals surface area (Å²) in [6.45, 7) is 6.47. The summed E-state index contributed by atoms with van der Waals surface area (Å²) >= 11 is 0. The van der Waals surface area contributed by atoms with E-state index in [4.69, 9.17) is 14.2 Å². The molecule has 0 bridgehead atoms. The van der Waals surface area contributed by atoms with Crippen LogP contribution in [0.15, 0.2) is 72.9 Å². The molecule has 0 spiro atoms. The molecule has 0 aliphatic carbocycles. The molecule has 0 radical (unpaired) electrons. The quantitative estimate of drug-likeness (QED) is 0.0261. The first-order valence-corrected chi connectivity index (χ1v) is 30.4. The van der Waals surface area contributed by atoms with E-state index in [1.165, 1.54) is 154 Å². The minimum atomic E-state index is -0.781. The molecule has 0 fully saturated rings. The van der Waals surface area contributed by atoms with Gasteiger partial charge in [0.2, 0.25) is 0 Å². The van der Waals surface area contributed by atoms with Crippen LogP contribution in [0.1, 0.15) is 303 Å². The number of hydrogen-bond acceptors (Lipinski definition) is 6. The van der Waals surface area contributed by atoms with Crippen LogP contribution in [0.3, 0.4) is 0 Å². The van der Waals surface area contributed by atoms with Gasteiger partial charge in [0, 0.05) is 19.3 Å². The molecule has 0 rings (SSSR count). The Morgan fingerprint density at radius 1 is 0.296 bits per heavy atom. The predicted molar refractivity (Wildman–Crippen MR) is 307 cm³/mol. The van der Waals surface area contributed by atoms with Crippen molar-refractivity contribution in [3.63, 3.8) is 0 Å². The van der Waals surface area contributed by atoms with Gasteiger partial charge in [-0.25, -0.2) is 0 Å². The molecule has 0 aromatic carbocycles. The zero-order valence-corrected chi connectivity index (χ0v) is 47.0. The van der Waals surface area contributed by atoms with Gasteiger partial charge in [-0.05, 0) is 103 Å². The molecule has 0 aliphatic rings. The van der Waals surface area contributed by atoms with Crippen molar-refractivity contribution in [2.24, 2.45) is 0 Å². The minimum absolute atomic E-state index is 0.0796. The third kappa shape index (κ3) is 57.6. The van der Waals surface area contributed by atoms with Crippen LogP contribution in [0.25, 0.3) is 0 Å². The second kappa shape index (κ2) is 59.4. The zero-order valence-electron chi connectivity index (χ0n) is 47.0. The summed E-state index contributed by atoms with van der Waals surface area (Å²) < 4.78 is 16.8. The maximum atomic E-state index is 12.8. The zero-order chi connectivity index (χ0) is 51.4. The van der Waals surface area contributed by atoms with E-state index in [0.29, 0.717) is 19.3 Å². The van der Waals surface area contributed by atoms with Crippen molar-refractivity contribution in [3.05, 3.63) is 72.9 Å². The molecule has 0 aromatic heterocycles. The van der Waals surface area contributed by atoms with E-state index in [-0.39, 0.29) is 31.1 Å². The normalized spacial score (nSPS) is 12.5. The van der Waals surface area contributed by atoms with Crippen LogP contribution in [-0.4, -0.2) is 37.2 Å². The van der Waals surface area contributed by atoms with Gasteiger partial charge in [-0.15, -0.1) is 0 Å². The highest BCUT2D eigenvalue weighted by atomic mass is 16.6. The van der Waals surface area contributed by atoms with Gasteiger partial charge >= 0.3 is 17.9 Å². The van der Waals surface area contributed by atoms with Crippen LogP contribution in [0, 0.1) is 0 Å². The number of carbonyl (C=O) groups excluding carboxylic acids is 3. The average molecular weight is 992 g/mol. The highest BCUT2D eigenvalue weighted by Gasteiger charge is 2.19. The van der Waals surface area contributed by atoms with Crippen LogP contribution >= 0.6 is 0 Å². The Hall–Kier alpha value is -3.15. The summed E-state index contributed by atoms with van der Waals surface area (Å²) in [5, 5.41) is 0. The second-order valence-electron chi connectivity index (χ2n) is 20.2. The van der Waals surface area contributed by atoms with Gasteiger partial charge in [0.1, 0.15) is 13.2 Å². The Kier molecular flexibility index (Phi) is 56.8. The summed E-state index contributed by atoms with van der Waals surface area (Å²) in [6.07, 6.45) is 76.3. The van der Waals surface area contributed by atoms with Crippen molar-refractivity contribution < 1.29 is 28.6 Å². The van der Waals surface area contributed by atoms with Crippen molar-refractivity contribution >= 4 is 17.9 Å². The number of carbonyl (C=O) groups is 3. The average Bonchev–Trinajstić information content (AvgIpc) is 3.37. The van der Waals surface area contributed by atoms with Gasteiger partial charge in [0.15, 0.2) is 6.10 Å². The Balaban J connectivity index is 4.20. The van der Waals surface area contributed by atoms with Crippen LogP contribution in [-0.2, 0) is 28.6 Å². The second-order valence-corrected chi connectivity index (χ2v) is 20.2. The van der Waals surface area contributed by atoms with E-state index in [1.807, 2.05) is 0 Å². The molecule has 6 heteroatoms. The number of hydrogen-bond donors (Lipinski definition) is 0. The fraction of sp³-hybridized carbons (Fsp3) is 0.769. The number of esters is 3. The van der Waals surface area contributed by atoms with E-state index in [0.717, 1.165) is 109 Å². The lowest BCUT2D eigenvalue weighted by molar-refractivity contribution is -0.167. The molecule has 0 N–H and O–H groups in total. The molecular formula is C65H114O6. The number of unbranched alkanes of at least 4 members (excludes halogenated alkanes) is 32. The SMILES string of the molecule is CC/C=C\C/C=C\C/C=C\C/C=C\CCCCCCCCCCCCCCCCC(=O)OCC(COC(=O)CCCCCCC/C=C\CCC)OC(=O)CCCCCCC/C=C\CCCCCCCCC. The van der Waals surface area contributed by atoms with Crippen molar-refractivity contribution in [3.8, 4) is 0 Å². The first kappa shape index (κ1) is 67.8. The van der Waals surface area contributed by atoms with Gasteiger partial charge in [-0.3, -0.25) is 14.4 Å². The van der Waals surface area contributed by atoms with Gasteiger partial charge in [-0.1, -0.05) is 254 Å². The summed E-state index contributed by atoms with van der Waals surface area (Å²) in [5.41, 5.74) is 0. The van der Waals surface area contributed by atoms with E-state index in [1.54, 1.807) is 0 Å². The first-order chi connectivity index (χ1) is 35.0. The van der Waals surface area contributed by atoms with Crippen LogP contribution in [0.2, 0.25) is 0 Å². The van der Waals surface area contributed by atoms with Crippen molar-refractivity contribution in [1.82, 2.24) is 0 Å². The van der Waals surface area contributed by atoms with Crippen LogP contribution in [0.4, 0.5) is 0 Å². The number of ether oxygens (including phenoxy) is 3. The summed E-state index contributed by atoms with van der Waals surface area (Å²) in [4.78, 5) is 38.1. The largest absolute Gasteiger partial charge is 0.462 e. The molecule has 1 unspecified atom stereocenters. The van der Waals surface area contributed by atoms with Crippen molar-refractivity contribution in [2.75, 3.05) is 13.2 Å². The molecule has 410 valence electrons. The highest BCUT2D eigenvalue weighted by molar-refractivity contribution is 5.71. The smallest absolute Gasteiger partial charge is 0.306 e. The molecular weight excluding hydrogens is 877 g/mol. The van der Waals surface area contributed by atoms with E-state index >= 15 is 0 Å². The molecule has 0 aromatic rings. The highest BCUT2D eigenvalue weighted by Crippen LogP contribution is 2.16. The Morgan fingerprint density at radius 2 is 0.577 bits per heavy atom. The maximum absolute atomic E-state index is 12.8. The Morgan fingerprint density at radius 3 is 0.930 bits per heavy atom. The maximum Gasteiger partial charge on any atom is 0.306 e. The van der Waals surface area contributed by atoms with E-state index < -0.39 is 6.10 Å². The van der Waals surface area contributed by atoms with Gasteiger partial charge in [-0.2, -0.15) is 0 Å². The van der Waals surface area contributed by atoms with E-state index in [2.05, 4.69) is 93.7 Å². The summed E-state index contributed by atoms with van der Waals surface area (Å²) in [5.74, 6) is -0.889. The minimum Gasteiger partial charge on any atom is -0.462 e. The lowest BCUT2D eigenvalue weighted by atomic mass is 10.0. The summed E-state index contributed by atoms with van der Waals surface area (Å²) in [6, 6.07) is 0. The molecule has 1 atom stereocenters. The van der Waals surface area contributed by atoms with Crippen molar-refractivity contribution in [2.45, 2.75) is 309 Å². The standard InChI is InChI=1S/C65H114O6/c1-4-7-10-13-16-19-22-24-26-28-29-30-31-32-33-34-35-36-37-38-40-41-43-46-49-52-55-58-64(67)70-61-62(60-69-63(66)57-54-51-48-45-21-18-15-12-9-6-3)71-65(68)59-56-53-50-47-44-42-39-27-25-23-20-17-14-11-8-5-2/h7,10,12,15-16,19,24,26-27,29-30,39,62H,4-6,8-9,11,13-14,17-18,20-23,25,28,31-38,40-61H2,1-3H3/b10-7-,15-12-,19-16-,26-24-,30-29-,39-27-. The molecule has 0 heterocycles. The molecule has 0 aliphatic heterocycles. The fourth-order valence-electron chi connectivity index (χ4n) is 8.61. The van der Waals surface area contributed by atoms with Crippen LogP contribution < -0.4 is 0 Å². The van der Waals surface area contributed by atoms with Crippen LogP contribution in [0.5, 0.6) is 0 Å². The molecule has 0 saturated heterocycles.